The fourth-order valence-electron chi connectivity index (χ4n) is 3.68. The van der Waals surface area contributed by atoms with Crippen LogP contribution in [0, 0.1) is 0 Å². The highest BCUT2D eigenvalue weighted by Gasteiger charge is 2.41. The van der Waals surface area contributed by atoms with Gasteiger partial charge in [0.25, 0.3) is 0 Å². The summed E-state index contributed by atoms with van der Waals surface area (Å²) in [6.07, 6.45) is 2.27. The molecule has 192 valence electrons. The molecule has 16 N–H and O–H groups in total. The molecule has 4 atom stereocenters. The first-order valence-electron chi connectivity index (χ1n) is 10.7. The van der Waals surface area contributed by atoms with E-state index in [9.17, 15) is 0 Å². The van der Waals surface area contributed by atoms with Crippen LogP contribution in [-0.4, -0.2) is 58.1 Å². The summed E-state index contributed by atoms with van der Waals surface area (Å²) in [6.45, 7) is 0. The van der Waals surface area contributed by atoms with Crippen LogP contribution in [0.15, 0.2) is 56.6 Å². The molecule has 2 aromatic rings. The molecule has 0 spiro atoms. The molecule has 1 fully saturated rings. The molecule has 3 rings (SSSR count). The summed E-state index contributed by atoms with van der Waals surface area (Å²) in [5.41, 5.74) is 45.5. The van der Waals surface area contributed by atoms with Gasteiger partial charge < -0.3 is 55.3 Å². The number of nitrogens with two attached hydrogens (primary N) is 8. The van der Waals surface area contributed by atoms with Gasteiger partial charge in [0.2, 0.25) is 11.8 Å². The van der Waals surface area contributed by atoms with E-state index in [2.05, 4.69) is 29.9 Å². The lowest BCUT2D eigenvalue weighted by Gasteiger charge is -2.37. The van der Waals surface area contributed by atoms with Crippen LogP contribution in [0.4, 0.5) is 11.4 Å². The van der Waals surface area contributed by atoms with E-state index in [0.29, 0.717) is 11.4 Å². The van der Waals surface area contributed by atoms with Crippen molar-refractivity contribution >= 4 is 35.2 Å². The summed E-state index contributed by atoms with van der Waals surface area (Å²) in [7, 11) is 0. The number of aliphatic imine (C=N–C) groups is 4. The SMILES string of the molecule is NC(N)=Nc1cccnc1O[C@H]1C[C@@H](Oc2ncccc2N=C(N)N)[C@H](N=C(N)N)C[C@@H]1N=C(N)N. The third-order valence-electron chi connectivity index (χ3n) is 4.96. The number of aromatic nitrogens is 2. The Kier molecular flexibility index (Phi) is 8.11. The second-order valence-electron chi connectivity index (χ2n) is 7.76. The maximum absolute atomic E-state index is 6.19. The van der Waals surface area contributed by atoms with E-state index in [1.807, 2.05) is 0 Å². The number of nitrogens with zero attached hydrogens (tertiary/aromatic N) is 6. The molecule has 0 radical (unpaired) electrons. The number of hydrogen-bond donors (Lipinski definition) is 8. The van der Waals surface area contributed by atoms with Crippen LogP contribution in [-0.2, 0) is 0 Å². The van der Waals surface area contributed by atoms with Crippen LogP contribution in [0.5, 0.6) is 11.8 Å². The van der Waals surface area contributed by atoms with Crippen LogP contribution in [0.3, 0.4) is 0 Å². The average molecular weight is 499 g/mol. The Bertz CT molecular complexity index is 1080. The van der Waals surface area contributed by atoms with Gasteiger partial charge in [0.1, 0.15) is 23.6 Å². The standard InChI is InChI=1S/C20H30N14O2/c21-17(22)31-9-3-1-5-29-15(9)35-13-8-14(12(34-20(27)28)7-11(13)33-19(25)26)36-16-10(32-18(23)24)4-2-6-30-16/h1-6,11-14H,7-8H2,(H4,21,22,31)(H4,23,24,32)(H4,25,26,33)(H4,27,28,34)/t11-,12+,13-,14+. The third-order valence-corrected chi connectivity index (χ3v) is 4.96. The molecule has 1 aliphatic rings. The van der Waals surface area contributed by atoms with Gasteiger partial charge in [-0.3, -0.25) is 0 Å². The minimum Gasteiger partial charge on any atom is -0.470 e. The van der Waals surface area contributed by atoms with Crippen molar-refractivity contribution in [2.45, 2.75) is 37.1 Å². The Morgan fingerprint density at radius 3 is 1.42 bits per heavy atom. The lowest BCUT2D eigenvalue weighted by Crippen LogP contribution is -2.50. The van der Waals surface area contributed by atoms with E-state index in [-0.39, 0.29) is 48.4 Å². The highest BCUT2D eigenvalue weighted by Crippen LogP contribution is 2.35. The van der Waals surface area contributed by atoms with Crippen molar-refractivity contribution in [1.29, 1.82) is 0 Å². The zero-order valence-electron chi connectivity index (χ0n) is 19.3. The van der Waals surface area contributed by atoms with E-state index in [1.165, 1.54) is 12.4 Å². The summed E-state index contributed by atoms with van der Waals surface area (Å²) >= 11 is 0. The van der Waals surface area contributed by atoms with E-state index in [1.54, 1.807) is 24.3 Å². The Hall–Kier alpha value is -5.02. The molecule has 16 heteroatoms. The van der Waals surface area contributed by atoms with Gasteiger partial charge >= 0.3 is 0 Å². The number of ether oxygens (including phenoxy) is 2. The van der Waals surface area contributed by atoms with Gasteiger partial charge in [0.15, 0.2) is 23.8 Å². The molecular formula is C20H30N14O2. The van der Waals surface area contributed by atoms with Crippen molar-refractivity contribution in [2.24, 2.45) is 65.8 Å². The number of pyridine rings is 2. The lowest BCUT2D eigenvalue weighted by atomic mass is 9.86. The number of guanidine groups is 4. The second kappa shape index (κ2) is 11.4. The second-order valence-corrected chi connectivity index (χ2v) is 7.76. The molecular weight excluding hydrogens is 468 g/mol. The van der Waals surface area contributed by atoms with Gasteiger partial charge in [-0.15, -0.1) is 0 Å². The predicted molar refractivity (Wildman–Crippen MR) is 137 cm³/mol. The summed E-state index contributed by atoms with van der Waals surface area (Å²) in [5.74, 6) is -0.250. The van der Waals surface area contributed by atoms with Gasteiger partial charge in [-0.05, 0) is 30.7 Å². The monoisotopic (exact) mass is 498 g/mol. The molecule has 36 heavy (non-hydrogen) atoms. The van der Waals surface area contributed by atoms with E-state index in [0.717, 1.165) is 0 Å². The van der Waals surface area contributed by atoms with E-state index in [4.69, 9.17) is 55.3 Å². The van der Waals surface area contributed by atoms with Crippen LogP contribution in [0.2, 0.25) is 0 Å². The minimum atomic E-state index is -0.638. The Morgan fingerprint density at radius 1 is 0.639 bits per heavy atom. The van der Waals surface area contributed by atoms with Crippen LogP contribution >= 0.6 is 0 Å². The van der Waals surface area contributed by atoms with Crippen molar-refractivity contribution in [1.82, 2.24) is 9.97 Å². The van der Waals surface area contributed by atoms with Gasteiger partial charge in [-0.1, -0.05) is 0 Å². The molecule has 0 unspecified atom stereocenters. The van der Waals surface area contributed by atoms with Gasteiger partial charge in [-0.25, -0.2) is 29.9 Å². The molecule has 1 saturated carbocycles. The average Bonchev–Trinajstić information content (AvgIpc) is 2.77. The zero-order chi connectivity index (χ0) is 26.2. The van der Waals surface area contributed by atoms with Crippen molar-refractivity contribution < 1.29 is 9.47 Å². The highest BCUT2D eigenvalue weighted by atomic mass is 16.5. The predicted octanol–water partition coefficient (Wildman–Crippen LogP) is -2.44. The van der Waals surface area contributed by atoms with Gasteiger partial charge in [-0.2, -0.15) is 0 Å². The molecule has 1 aliphatic carbocycles. The highest BCUT2D eigenvalue weighted by molar-refractivity contribution is 5.80. The number of hydrogen-bond acceptors (Lipinski definition) is 8. The van der Waals surface area contributed by atoms with Crippen molar-refractivity contribution in [2.75, 3.05) is 0 Å². The van der Waals surface area contributed by atoms with Crippen LogP contribution in [0.1, 0.15) is 12.8 Å². The molecule has 0 aliphatic heterocycles. The van der Waals surface area contributed by atoms with Crippen molar-refractivity contribution in [3.63, 3.8) is 0 Å². The summed E-state index contributed by atoms with van der Waals surface area (Å²) in [4.78, 5) is 25.2. The Morgan fingerprint density at radius 2 is 1.06 bits per heavy atom. The topological polar surface area (TPSA) is 302 Å². The Labute approximate surface area is 206 Å². The van der Waals surface area contributed by atoms with E-state index >= 15 is 0 Å². The summed E-state index contributed by atoms with van der Waals surface area (Å²) < 4.78 is 12.4. The van der Waals surface area contributed by atoms with Gasteiger partial charge in [0.05, 0.1) is 12.1 Å². The minimum absolute atomic E-state index is 0.137. The van der Waals surface area contributed by atoms with Crippen LogP contribution in [0.25, 0.3) is 0 Å². The molecule has 2 aromatic heterocycles. The molecule has 16 nitrogen and oxygen atoms in total. The normalized spacial score (nSPS) is 20.9. The fourth-order valence-corrected chi connectivity index (χ4v) is 3.68. The summed E-state index contributed by atoms with van der Waals surface area (Å²) in [5, 5.41) is 0. The first-order valence-corrected chi connectivity index (χ1v) is 10.7. The quantitative estimate of drug-likeness (QED) is 0.139. The summed E-state index contributed by atoms with van der Waals surface area (Å²) in [6, 6.07) is 5.50. The van der Waals surface area contributed by atoms with Crippen molar-refractivity contribution in [3.8, 4) is 11.8 Å². The van der Waals surface area contributed by atoms with Crippen LogP contribution < -0.4 is 55.3 Å². The molecule has 0 amide bonds. The first-order chi connectivity index (χ1) is 17.1. The van der Waals surface area contributed by atoms with Crippen molar-refractivity contribution in [3.05, 3.63) is 36.7 Å². The fraction of sp³-hybridized carbons (Fsp3) is 0.300. The Balaban J connectivity index is 1.99. The maximum Gasteiger partial charge on any atom is 0.240 e. The first kappa shape index (κ1) is 25.6. The smallest absolute Gasteiger partial charge is 0.240 e. The van der Waals surface area contributed by atoms with Gasteiger partial charge in [0, 0.05) is 18.8 Å². The molecule has 0 bridgehead atoms. The van der Waals surface area contributed by atoms with E-state index < -0.39 is 24.3 Å². The largest absolute Gasteiger partial charge is 0.470 e. The molecule has 0 aromatic carbocycles. The number of rotatable bonds is 8. The molecule has 0 saturated heterocycles. The maximum atomic E-state index is 6.19. The molecule has 2 heterocycles. The lowest BCUT2D eigenvalue weighted by molar-refractivity contribution is 0.0378. The third kappa shape index (κ3) is 6.99. The zero-order valence-corrected chi connectivity index (χ0v) is 19.3.